The normalized spacial score (nSPS) is 11.5. The number of H-pyrrole nitrogens is 1. The number of benzene rings is 1. The predicted octanol–water partition coefficient (Wildman–Crippen LogP) is 3.24. The van der Waals surface area contributed by atoms with Crippen LogP contribution < -0.4 is 0 Å². The van der Waals surface area contributed by atoms with Crippen molar-refractivity contribution < 1.29 is 22.7 Å². The van der Waals surface area contributed by atoms with Gasteiger partial charge in [-0.2, -0.15) is 4.31 Å². The molecule has 0 saturated heterocycles. The van der Waals surface area contributed by atoms with E-state index in [1.54, 1.807) is 38.2 Å². The Morgan fingerprint density at radius 3 is 2.36 bits per heavy atom. The summed E-state index contributed by atoms with van der Waals surface area (Å²) >= 11 is 0. The zero-order valence-electron chi connectivity index (χ0n) is 19.1. The summed E-state index contributed by atoms with van der Waals surface area (Å²) < 4.78 is 32.8. The number of aromatic amines is 1. The van der Waals surface area contributed by atoms with Crippen LogP contribution in [0.4, 0.5) is 0 Å². The van der Waals surface area contributed by atoms with Crippen molar-refractivity contribution in [3.63, 3.8) is 0 Å². The molecule has 0 radical (unpaired) electrons. The molecule has 0 spiro atoms. The Hall–Kier alpha value is -3.30. The van der Waals surface area contributed by atoms with Gasteiger partial charge in [-0.15, -0.1) is 0 Å². The van der Waals surface area contributed by atoms with Crippen LogP contribution in [0.1, 0.15) is 43.4 Å². The van der Waals surface area contributed by atoms with Crippen molar-refractivity contribution in [2.75, 3.05) is 20.2 Å². The molecule has 0 bridgehead atoms. The van der Waals surface area contributed by atoms with E-state index in [4.69, 9.17) is 4.74 Å². The first-order chi connectivity index (χ1) is 15.6. The van der Waals surface area contributed by atoms with Crippen LogP contribution >= 0.6 is 0 Å². The molecule has 1 aromatic carbocycles. The molecule has 0 aliphatic heterocycles. The summed E-state index contributed by atoms with van der Waals surface area (Å²) in [4.78, 5) is 32.5. The van der Waals surface area contributed by atoms with E-state index in [1.165, 1.54) is 23.5 Å². The van der Waals surface area contributed by atoms with Gasteiger partial charge in [0.2, 0.25) is 10.0 Å². The second-order valence-corrected chi connectivity index (χ2v) is 9.70. The molecule has 174 valence electrons. The van der Waals surface area contributed by atoms with Gasteiger partial charge in [0.05, 0.1) is 18.6 Å². The van der Waals surface area contributed by atoms with Gasteiger partial charge in [0, 0.05) is 36.1 Å². The molecular weight excluding hydrogens is 442 g/mol. The molecule has 0 saturated carbocycles. The number of ether oxygens (including phenoxy) is 1. The summed E-state index contributed by atoms with van der Waals surface area (Å²) in [6, 6.07) is 11.9. The van der Waals surface area contributed by atoms with Gasteiger partial charge in [-0.3, -0.25) is 9.78 Å². The Bertz CT molecular complexity index is 1250. The molecule has 33 heavy (non-hydrogen) atoms. The zero-order chi connectivity index (χ0) is 24.2. The van der Waals surface area contributed by atoms with Crippen molar-refractivity contribution in [2.24, 2.45) is 0 Å². The maximum absolute atomic E-state index is 13.4. The van der Waals surface area contributed by atoms with Gasteiger partial charge in [0.1, 0.15) is 5.69 Å². The van der Waals surface area contributed by atoms with Gasteiger partial charge < -0.3 is 9.72 Å². The van der Waals surface area contributed by atoms with E-state index in [0.29, 0.717) is 17.7 Å². The Morgan fingerprint density at radius 1 is 1.06 bits per heavy atom. The molecule has 9 heteroatoms. The number of hydrogen-bond donors (Lipinski definition) is 1. The second-order valence-electron chi connectivity index (χ2n) is 7.76. The van der Waals surface area contributed by atoms with Crippen LogP contribution in [-0.2, 0) is 21.2 Å². The molecule has 0 unspecified atom stereocenters. The Morgan fingerprint density at radius 2 is 1.76 bits per heavy atom. The number of nitrogens with one attached hydrogen (secondary N) is 1. The molecule has 0 atom stereocenters. The number of hydrogen-bond acceptors (Lipinski definition) is 6. The highest BCUT2D eigenvalue weighted by atomic mass is 32.2. The summed E-state index contributed by atoms with van der Waals surface area (Å²) in [6.07, 6.45) is 1.98. The molecule has 3 aromatic rings. The highest BCUT2D eigenvalue weighted by molar-refractivity contribution is 7.89. The minimum Gasteiger partial charge on any atom is -0.464 e. The van der Waals surface area contributed by atoms with Crippen molar-refractivity contribution in [3.8, 4) is 0 Å². The molecule has 0 fully saturated rings. The lowest BCUT2D eigenvalue weighted by Gasteiger charge is -2.22. The van der Waals surface area contributed by atoms with E-state index in [9.17, 15) is 18.0 Å². The number of ketones is 1. The highest BCUT2D eigenvalue weighted by Crippen LogP contribution is 2.22. The Kier molecular flexibility index (Phi) is 7.45. The molecule has 2 aromatic heterocycles. The lowest BCUT2D eigenvalue weighted by molar-refractivity contribution is 0.0593. The van der Waals surface area contributed by atoms with E-state index in [2.05, 4.69) is 9.97 Å². The summed E-state index contributed by atoms with van der Waals surface area (Å²) in [6.45, 7) is 4.87. The zero-order valence-corrected chi connectivity index (χ0v) is 19.9. The molecule has 0 amide bonds. The van der Waals surface area contributed by atoms with Gasteiger partial charge in [-0.1, -0.05) is 23.8 Å². The number of carbonyl (C=O) groups is 2. The van der Waals surface area contributed by atoms with E-state index < -0.39 is 21.8 Å². The number of carbonyl (C=O) groups excluding carboxylic acids is 2. The smallest absolute Gasteiger partial charge is 0.354 e. The summed E-state index contributed by atoms with van der Waals surface area (Å²) in [5, 5.41) is 0. The fourth-order valence-corrected chi connectivity index (χ4v) is 5.04. The number of Topliss-reactive ketones (excluding diaryl/α,β-unsaturated/α-hetero) is 1. The lowest BCUT2D eigenvalue weighted by Crippen LogP contribution is -2.37. The molecule has 3 rings (SSSR count). The summed E-state index contributed by atoms with van der Waals surface area (Å²) in [5.41, 5.74) is 3.03. The van der Waals surface area contributed by atoms with Crippen LogP contribution in [0.3, 0.4) is 0 Å². The minimum atomic E-state index is -3.95. The largest absolute Gasteiger partial charge is 0.464 e. The highest BCUT2D eigenvalue weighted by Gasteiger charge is 2.30. The topological polar surface area (TPSA) is 109 Å². The van der Waals surface area contributed by atoms with Gasteiger partial charge in [0.15, 0.2) is 5.78 Å². The van der Waals surface area contributed by atoms with Crippen molar-refractivity contribution in [1.29, 1.82) is 0 Å². The van der Waals surface area contributed by atoms with Crippen LogP contribution in [0.15, 0.2) is 53.6 Å². The molecular formula is C24H27N3O5S. The Balaban J connectivity index is 1.94. The number of esters is 1. The fourth-order valence-electron chi connectivity index (χ4n) is 3.64. The number of aryl methyl sites for hydroxylation is 2. The van der Waals surface area contributed by atoms with E-state index in [0.717, 1.165) is 11.3 Å². The van der Waals surface area contributed by atoms with E-state index >= 15 is 0 Å². The first kappa shape index (κ1) is 24.3. The second kappa shape index (κ2) is 10.1. The molecule has 0 aliphatic carbocycles. The molecule has 2 heterocycles. The average Bonchev–Trinajstić information content (AvgIpc) is 3.10. The van der Waals surface area contributed by atoms with Crippen molar-refractivity contribution in [3.05, 3.63) is 82.4 Å². The third-order valence-electron chi connectivity index (χ3n) is 5.43. The van der Waals surface area contributed by atoms with Gasteiger partial charge in [-0.05, 0) is 50.6 Å². The first-order valence-corrected chi connectivity index (χ1v) is 11.9. The minimum absolute atomic E-state index is 0.0747. The predicted molar refractivity (Wildman–Crippen MR) is 124 cm³/mol. The van der Waals surface area contributed by atoms with Crippen LogP contribution in [-0.4, -0.2) is 54.6 Å². The lowest BCUT2D eigenvalue weighted by atomic mass is 10.1. The monoisotopic (exact) mass is 469 g/mol. The maximum atomic E-state index is 13.4. The third kappa shape index (κ3) is 5.37. The summed E-state index contributed by atoms with van der Waals surface area (Å²) in [7, 11) is -2.69. The van der Waals surface area contributed by atoms with E-state index in [1.807, 2.05) is 19.1 Å². The van der Waals surface area contributed by atoms with Gasteiger partial charge in [-0.25, -0.2) is 13.2 Å². The number of nitrogens with zero attached hydrogens (tertiary/aromatic N) is 2. The quantitative estimate of drug-likeness (QED) is 0.381. The van der Waals surface area contributed by atoms with Crippen LogP contribution in [0.2, 0.25) is 0 Å². The molecule has 8 nitrogen and oxygen atoms in total. The third-order valence-corrected chi connectivity index (χ3v) is 7.29. The van der Waals surface area contributed by atoms with Gasteiger partial charge in [0.25, 0.3) is 0 Å². The summed E-state index contributed by atoms with van der Waals surface area (Å²) in [5.74, 6) is -0.998. The van der Waals surface area contributed by atoms with E-state index in [-0.39, 0.29) is 29.2 Å². The van der Waals surface area contributed by atoms with Crippen LogP contribution in [0, 0.1) is 20.8 Å². The Labute approximate surface area is 193 Å². The first-order valence-electron chi connectivity index (χ1n) is 10.4. The fraction of sp³-hybridized carbons (Fsp3) is 0.292. The number of sulfonamides is 1. The van der Waals surface area contributed by atoms with Crippen LogP contribution in [0.25, 0.3) is 0 Å². The standard InChI is InChI=1S/C24H27N3O5S/c1-16-8-10-20(11-9-16)33(30,31)27(14-12-19-7-5-6-13-25-19)15-21(28)22-17(2)23(24(29)32-4)26-18(22)3/h5-11,13,26H,12,14-15H2,1-4H3. The van der Waals surface area contributed by atoms with Crippen molar-refractivity contribution >= 4 is 21.8 Å². The number of rotatable bonds is 9. The number of methoxy groups -OCH3 is 1. The number of aromatic nitrogens is 2. The molecule has 0 aliphatic rings. The van der Waals surface area contributed by atoms with Crippen molar-refractivity contribution in [2.45, 2.75) is 32.1 Å². The maximum Gasteiger partial charge on any atom is 0.354 e. The molecule has 1 N–H and O–H groups in total. The van der Waals surface area contributed by atoms with Crippen LogP contribution in [0.5, 0.6) is 0 Å². The average molecular weight is 470 g/mol. The SMILES string of the molecule is COC(=O)c1[nH]c(C)c(C(=O)CN(CCc2ccccn2)S(=O)(=O)c2ccc(C)cc2)c1C. The van der Waals surface area contributed by atoms with Crippen molar-refractivity contribution in [1.82, 2.24) is 14.3 Å². The van der Waals surface area contributed by atoms with Gasteiger partial charge >= 0.3 is 5.97 Å². The number of pyridine rings is 1.